The molecule has 0 spiro atoms. The van der Waals surface area contributed by atoms with Gasteiger partial charge < -0.3 is 10.6 Å². The summed E-state index contributed by atoms with van der Waals surface area (Å²) in [6.45, 7) is 2.59. The Hall–Kier alpha value is -2.00. The molecular formula is C16H17ClN2O. The van der Waals surface area contributed by atoms with E-state index in [4.69, 9.17) is 17.3 Å². The molecule has 2 rings (SSSR count). The van der Waals surface area contributed by atoms with Crippen molar-refractivity contribution in [3.63, 3.8) is 0 Å². The van der Waals surface area contributed by atoms with Crippen LogP contribution in [0.25, 0.3) is 0 Å². The lowest BCUT2D eigenvalue weighted by atomic mass is 10.1. The number of nitrogens with zero attached hydrogens (tertiary/aromatic N) is 1. The molecule has 0 heterocycles. The fourth-order valence-corrected chi connectivity index (χ4v) is 2.31. The molecule has 0 atom stereocenters. The van der Waals surface area contributed by atoms with Crippen LogP contribution < -0.4 is 5.73 Å². The summed E-state index contributed by atoms with van der Waals surface area (Å²) in [5.74, 6) is -0.0950. The molecule has 0 aromatic heterocycles. The monoisotopic (exact) mass is 288 g/mol. The molecule has 0 aliphatic heterocycles. The van der Waals surface area contributed by atoms with Crippen LogP contribution in [0.1, 0.15) is 21.5 Å². The van der Waals surface area contributed by atoms with Crippen LogP contribution in [0.15, 0.2) is 42.5 Å². The zero-order valence-corrected chi connectivity index (χ0v) is 12.3. The molecule has 0 radical (unpaired) electrons. The predicted octanol–water partition coefficient (Wildman–Crippen LogP) is 3.50. The van der Waals surface area contributed by atoms with E-state index in [1.54, 1.807) is 30.1 Å². The molecule has 0 aliphatic carbocycles. The minimum atomic E-state index is -0.0950. The predicted molar refractivity (Wildman–Crippen MR) is 82.8 cm³/mol. The van der Waals surface area contributed by atoms with Crippen molar-refractivity contribution in [2.75, 3.05) is 12.8 Å². The maximum atomic E-state index is 12.4. The van der Waals surface area contributed by atoms with Crippen molar-refractivity contribution in [1.29, 1.82) is 0 Å². The summed E-state index contributed by atoms with van der Waals surface area (Å²) in [6.07, 6.45) is 0. The molecule has 0 unspecified atom stereocenters. The van der Waals surface area contributed by atoms with Gasteiger partial charge in [0.15, 0.2) is 0 Å². The van der Waals surface area contributed by atoms with Crippen molar-refractivity contribution in [3.8, 4) is 0 Å². The Labute approximate surface area is 124 Å². The van der Waals surface area contributed by atoms with Crippen molar-refractivity contribution in [3.05, 3.63) is 64.2 Å². The maximum Gasteiger partial charge on any atom is 0.254 e. The van der Waals surface area contributed by atoms with Gasteiger partial charge in [0.2, 0.25) is 0 Å². The minimum absolute atomic E-state index is 0.0950. The van der Waals surface area contributed by atoms with Gasteiger partial charge in [-0.25, -0.2) is 0 Å². The second kappa shape index (κ2) is 5.97. The highest BCUT2D eigenvalue weighted by atomic mass is 35.5. The van der Waals surface area contributed by atoms with Crippen LogP contribution in [0.2, 0.25) is 5.02 Å². The molecule has 2 N–H and O–H groups in total. The maximum absolute atomic E-state index is 12.4. The van der Waals surface area contributed by atoms with Crippen molar-refractivity contribution < 1.29 is 4.79 Å². The first-order valence-corrected chi connectivity index (χ1v) is 6.71. The van der Waals surface area contributed by atoms with E-state index in [1.165, 1.54) is 0 Å². The van der Waals surface area contributed by atoms with Gasteiger partial charge in [-0.15, -0.1) is 0 Å². The Bertz CT molecular complexity index is 620. The third-order valence-electron chi connectivity index (χ3n) is 3.18. The highest BCUT2D eigenvalue weighted by Gasteiger charge is 2.14. The molecule has 2 aromatic carbocycles. The Balaban J connectivity index is 2.18. The third-order valence-corrected chi connectivity index (χ3v) is 3.40. The van der Waals surface area contributed by atoms with Crippen molar-refractivity contribution >= 4 is 23.2 Å². The second-order valence-corrected chi connectivity index (χ2v) is 5.30. The van der Waals surface area contributed by atoms with Crippen LogP contribution in [0.5, 0.6) is 0 Å². The standard InChI is InChI=1S/C16H17ClN2O/c1-11-5-3-4-6-12(11)10-19(2)16(20)13-7-14(17)9-15(18)8-13/h3-9H,10,18H2,1-2H3. The topological polar surface area (TPSA) is 46.3 Å². The van der Waals surface area contributed by atoms with Gasteiger partial charge in [-0.3, -0.25) is 4.79 Å². The number of hydrogen-bond acceptors (Lipinski definition) is 2. The largest absolute Gasteiger partial charge is 0.399 e. The lowest BCUT2D eigenvalue weighted by Gasteiger charge is -2.19. The van der Waals surface area contributed by atoms with Crippen molar-refractivity contribution in [2.24, 2.45) is 0 Å². The summed E-state index contributed by atoms with van der Waals surface area (Å²) < 4.78 is 0. The van der Waals surface area contributed by atoms with Gasteiger partial charge in [-0.05, 0) is 36.2 Å². The van der Waals surface area contributed by atoms with E-state index in [0.717, 1.165) is 11.1 Å². The van der Waals surface area contributed by atoms with Crippen molar-refractivity contribution in [1.82, 2.24) is 4.90 Å². The molecule has 4 heteroatoms. The summed E-state index contributed by atoms with van der Waals surface area (Å²) in [7, 11) is 1.77. The van der Waals surface area contributed by atoms with Gasteiger partial charge in [0.1, 0.15) is 0 Å². The van der Waals surface area contributed by atoms with Crippen LogP contribution in [0.3, 0.4) is 0 Å². The summed E-state index contributed by atoms with van der Waals surface area (Å²) in [5, 5.41) is 0.470. The summed E-state index contributed by atoms with van der Waals surface area (Å²) in [6, 6.07) is 12.9. The van der Waals surface area contributed by atoms with E-state index >= 15 is 0 Å². The molecule has 0 bridgehead atoms. The molecule has 0 aliphatic rings. The first-order valence-electron chi connectivity index (χ1n) is 6.33. The van der Waals surface area contributed by atoms with E-state index in [0.29, 0.717) is 22.8 Å². The smallest absolute Gasteiger partial charge is 0.254 e. The number of aryl methyl sites for hydroxylation is 1. The van der Waals surface area contributed by atoms with Gasteiger partial charge in [0, 0.05) is 29.9 Å². The van der Waals surface area contributed by atoms with Crippen LogP contribution in [0, 0.1) is 6.92 Å². The van der Waals surface area contributed by atoms with Gasteiger partial charge in [0.05, 0.1) is 0 Å². The third kappa shape index (κ3) is 3.31. The number of halogens is 1. The molecule has 2 aromatic rings. The molecule has 20 heavy (non-hydrogen) atoms. The SMILES string of the molecule is Cc1ccccc1CN(C)C(=O)c1cc(N)cc(Cl)c1. The normalized spacial score (nSPS) is 10.3. The Kier molecular flexibility index (Phi) is 4.30. The molecule has 0 saturated heterocycles. The molecule has 0 saturated carbocycles. The quantitative estimate of drug-likeness (QED) is 0.879. The number of nitrogen functional groups attached to an aromatic ring is 1. The van der Waals surface area contributed by atoms with E-state index < -0.39 is 0 Å². The lowest BCUT2D eigenvalue weighted by Crippen LogP contribution is -2.26. The van der Waals surface area contributed by atoms with Crippen LogP contribution in [0.4, 0.5) is 5.69 Å². The summed E-state index contributed by atoms with van der Waals surface area (Å²) in [5.41, 5.74) is 9.00. The summed E-state index contributed by atoms with van der Waals surface area (Å²) in [4.78, 5) is 14.0. The van der Waals surface area contributed by atoms with Crippen LogP contribution >= 0.6 is 11.6 Å². The van der Waals surface area contributed by atoms with Gasteiger partial charge >= 0.3 is 0 Å². The Morgan fingerprint density at radius 3 is 2.60 bits per heavy atom. The van der Waals surface area contributed by atoms with Gasteiger partial charge in [-0.2, -0.15) is 0 Å². The first kappa shape index (κ1) is 14.4. The zero-order chi connectivity index (χ0) is 14.7. The lowest BCUT2D eigenvalue weighted by molar-refractivity contribution is 0.0785. The van der Waals surface area contributed by atoms with Crippen LogP contribution in [-0.4, -0.2) is 17.9 Å². The number of rotatable bonds is 3. The average molecular weight is 289 g/mol. The summed E-state index contributed by atoms with van der Waals surface area (Å²) >= 11 is 5.93. The fraction of sp³-hybridized carbons (Fsp3) is 0.188. The fourth-order valence-electron chi connectivity index (χ4n) is 2.07. The van der Waals surface area contributed by atoms with Crippen molar-refractivity contribution in [2.45, 2.75) is 13.5 Å². The number of hydrogen-bond donors (Lipinski definition) is 1. The van der Waals surface area contributed by atoms with Gasteiger partial charge in [0.25, 0.3) is 5.91 Å². The number of benzene rings is 2. The molecule has 1 amide bonds. The van der Waals surface area contributed by atoms with Crippen LogP contribution in [-0.2, 0) is 6.54 Å². The minimum Gasteiger partial charge on any atom is -0.399 e. The highest BCUT2D eigenvalue weighted by Crippen LogP contribution is 2.19. The number of carbonyl (C=O) groups is 1. The average Bonchev–Trinajstić information content (AvgIpc) is 2.39. The van der Waals surface area contributed by atoms with E-state index in [-0.39, 0.29) is 5.91 Å². The second-order valence-electron chi connectivity index (χ2n) is 4.86. The number of anilines is 1. The van der Waals surface area contributed by atoms with Gasteiger partial charge in [-0.1, -0.05) is 35.9 Å². The van der Waals surface area contributed by atoms with E-state index in [9.17, 15) is 4.79 Å². The zero-order valence-electron chi connectivity index (χ0n) is 11.6. The highest BCUT2D eigenvalue weighted by molar-refractivity contribution is 6.31. The Morgan fingerprint density at radius 1 is 1.25 bits per heavy atom. The van der Waals surface area contributed by atoms with E-state index in [2.05, 4.69) is 0 Å². The molecular weight excluding hydrogens is 272 g/mol. The van der Waals surface area contributed by atoms with E-state index in [1.807, 2.05) is 31.2 Å². The first-order chi connectivity index (χ1) is 9.47. The number of nitrogens with two attached hydrogens (primary N) is 1. The molecule has 0 fully saturated rings. The molecule has 3 nitrogen and oxygen atoms in total. The number of carbonyl (C=O) groups excluding carboxylic acids is 1. The molecule has 104 valence electrons. The number of amides is 1. The Morgan fingerprint density at radius 2 is 1.95 bits per heavy atom.